The standard InChI is InChI=1S/C27H39N5O9S2/c1-28-42(34,35)22-6-4-5-21(13-22)40-18-20(33)16-29-19-15-27(41-17-19)7-9-32(10-8-27)43(36,37)24-14-23-25(30-26(24)38-3)39-12-11-31(23)2/h4-6,13-14,19-20,28-29,33H,7-12,15-18H2,1-3H3/t19-,20?/m1/s1. The summed E-state index contributed by atoms with van der Waals surface area (Å²) < 4.78 is 77.8. The van der Waals surface area contributed by atoms with Gasteiger partial charge in [-0.3, -0.25) is 0 Å². The molecule has 1 aromatic heterocycles. The van der Waals surface area contributed by atoms with Gasteiger partial charge in [0, 0.05) is 38.8 Å². The Morgan fingerprint density at radius 2 is 1.95 bits per heavy atom. The zero-order chi connectivity index (χ0) is 30.8. The summed E-state index contributed by atoms with van der Waals surface area (Å²) in [6, 6.07) is 7.62. The van der Waals surface area contributed by atoms with Gasteiger partial charge in [0.15, 0.2) is 0 Å². The number of fused-ring (bicyclic) bond motifs is 1. The molecule has 5 rings (SSSR count). The molecule has 3 N–H and O–H groups in total. The van der Waals surface area contributed by atoms with Crippen molar-refractivity contribution < 1.29 is 40.9 Å². The summed E-state index contributed by atoms with van der Waals surface area (Å²) in [6.07, 6.45) is 0.916. The van der Waals surface area contributed by atoms with Crippen LogP contribution in [-0.4, -0.2) is 116 Å². The van der Waals surface area contributed by atoms with Crippen LogP contribution in [-0.2, 0) is 24.8 Å². The number of hydrogen-bond donors (Lipinski definition) is 3. The molecule has 2 fully saturated rings. The molecule has 16 heteroatoms. The highest BCUT2D eigenvalue weighted by Gasteiger charge is 2.45. The van der Waals surface area contributed by atoms with Crippen molar-refractivity contribution >= 4 is 25.7 Å². The normalized spacial score (nSPS) is 21.3. The molecule has 1 unspecified atom stereocenters. The molecule has 43 heavy (non-hydrogen) atoms. The van der Waals surface area contributed by atoms with Crippen molar-refractivity contribution in [1.82, 2.24) is 19.3 Å². The van der Waals surface area contributed by atoms with E-state index < -0.39 is 31.8 Å². The van der Waals surface area contributed by atoms with E-state index in [1.54, 1.807) is 18.2 Å². The molecule has 2 saturated heterocycles. The molecule has 3 aliphatic heterocycles. The van der Waals surface area contributed by atoms with Crippen LogP contribution in [0.2, 0.25) is 0 Å². The van der Waals surface area contributed by atoms with E-state index in [0.29, 0.717) is 69.4 Å². The highest BCUT2D eigenvalue weighted by Crippen LogP contribution is 2.40. The van der Waals surface area contributed by atoms with Gasteiger partial charge in [0.25, 0.3) is 0 Å². The van der Waals surface area contributed by atoms with Gasteiger partial charge in [-0.05, 0) is 44.5 Å². The number of benzene rings is 1. The Morgan fingerprint density at radius 1 is 1.19 bits per heavy atom. The number of nitrogens with zero attached hydrogens (tertiary/aromatic N) is 3. The maximum Gasteiger partial charge on any atom is 0.248 e. The zero-order valence-electron chi connectivity index (χ0n) is 24.5. The van der Waals surface area contributed by atoms with Gasteiger partial charge in [-0.1, -0.05) is 6.07 Å². The number of piperidine rings is 1. The van der Waals surface area contributed by atoms with Crippen LogP contribution in [0.1, 0.15) is 19.3 Å². The van der Waals surface area contributed by atoms with Gasteiger partial charge in [0.2, 0.25) is 31.8 Å². The lowest BCUT2D eigenvalue weighted by Gasteiger charge is -2.38. The minimum atomic E-state index is -3.88. The first-order valence-electron chi connectivity index (χ1n) is 14.1. The van der Waals surface area contributed by atoms with Gasteiger partial charge < -0.3 is 34.3 Å². The number of aromatic nitrogens is 1. The van der Waals surface area contributed by atoms with Crippen LogP contribution in [0.25, 0.3) is 0 Å². The second-order valence-electron chi connectivity index (χ2n) is 10.9. The first-order valence-corrected chi connectivity index (χ1v) is 17.0. The van der Waals surface area contributed by atoms with Crippen LogP contribution in [0.15, 0.2) is 40.1 Å². The predicted octanol–water partition coefficient (Wildman–Crippen LogP) is 0.169. The van der Waals surface area contributed by atoms with Crippen LogP contribution in [0.5, 0.6) is 17.5 Å². The summed E-state index contributed by atoms with van der Waals surface area (Å²) in [5, 5.41) is 13.8. The van der Waals surface area contributed by atoms with Gasteiger partial charge in [0.05, 0.1) is 30.8 Å². The highest BCUT2D eigenvalue weighted by atomic mass is 32.2. The Morgan fingerprint density at radius 3 is 2.67 bits per heavy atom. The number of anilines is 1. The number of likely N-dealkylation sites (N-methyl/N-ethyl adjacent to an activating group) is 1. The summed E-state index contributed by atoms with van der Waals surface area (Å²) in [5.74, 6) is 0.698. The molecule has 0 radical (unpaired) electrons. The van der Waals surface area contributed by atoms with Crippen LogP contribution in [0.3, 0.4) is 0 Å². The van der Waals surface area contributed by atoms with E-state index in [-0.39, 0.29) is 34.9 Å². The summed E-state index contributed by atoms with van der Waals surface area (Å²) >= 11 is 0. The molecule has 1 spiro atoms. The third kappa shape index (κ3) is 6.84. The molecule has 0 saturated carbocycles. The van der Waals surface area contributed by atoms with Gasteiger partial charge in [-0.25, -0.2) is 21.6 Å². The molecular formula is C27H39N5O9S2. The monoisotopic (exact) mass is 641 g/mol. The number of pyridine rings is 1. The van der Waals surface area contributed by atoms with E-state index >= 15 is 0 Å². The fourth-order valence-electron chi connectivity index (χ4n) is 5.56. The quantitative estimate of drug-likeness (QED) is 0.305. The Balaban J connectivity index is 1.12. The number of ether oxygens (including phenoxy) is 4. The average Bonchev–Trinajstić information content (AvgIpc) is 3.40. The van der Waals surface area contributed by atoms with Crippen LogP contribution in [0, 0.1) is 0 Å². The van der Waals surface area contributed by atoms with Crippen LogP contribution >= 0.6 is 0 Å². The van der Waals surface area contributed by atoms with Crippen molar-refractivity contribution in [3.63, 3.8) is 0 Å². The van der Waals surface area contributed by atoms with E-state index in [0.717, 1.165) is 0 Å². The molecule has 3 aliphatic rings. The molecular weight excluding hydrogens is 602 g/mol. The fraction of sp³-hybridized carbons (Fsp3) is 0.593. The lowest BCUT2D eigenvalue weighted by Crippen LogP contribution is -2.47. The van der Waals surface area contributed by atoms with E-state index in [4.69, 9.17) is 18.9 Å². The van der Waals surface area contributed by atoms with Crippen molar-refractivity contribution in [3.8, 4) is 17.5 Å². The maximum absolute atomic E-state index is 13.7. The van der Waals surface area contributed by atoms with Gasteiger partial charge in [-0.2, -0.15) is 9.29 Å². The predicted molar refractivity (Wildman–Crippen MR) is 157 cm³/mol. The molecule has 0 amide bonds. The average molecular weight is 642 g/mol. The Bertz CT molecular complexity index is 1510. The topological polar surface area (TPSA) is 169 Å². The molecule has 1 aromatic carbocycles. The van der Waals surface area contributed by atoms with Crippen LogP contribution in [0.4, 0.5) is 5.69 Å². The zero-order valence-corrected chi connectivity index (χ0v) is 26.1. The van der Waals surface area contributed by atoms with E-state index in [9.17, 15) is 21.9 Å². The molecule has 2 atom stereocenters. The third-order valence-corrected chi connectivity index (χ3v) is 11.4. The highest BCUT2D eigenvalue weighted by molar-refractivity contribution is 7.89. The third-order valence-electron chi connectivity index (χ3n) is 8.10. The number of aliphatic hydroxyl groups is 1. The maximum atomic E-state index is 13.7. The van der Waals surface area contributed by atoms with Crippen molar-refractivity contribution in [2.45, 2.75) is 46.8 Å². The van der Waals surface area contributed by atoms with Gasteiger partial charge in [0.1, 0.15) is 35.7 Å². The molecule has 14 nitrogen and oxygen atoms in total. The Kier molecular flexibility index (Phi) is 9.37. The largest absolute Gasteiger partial charge is 0.491 e. The fourth-order valence-corrected chi connectivity index (χ4v) is 7.88. The number of methoxy groups -OCH3 is 1. The molecule has 238 valence electrons. The van der Waals surface area contributed by atoms with Crippen molar-refractivity contribution in [3.05, 3.63) is 30.3 Å². The number of rotatable bonds is 11. The molecule has 0 bridgehead atoms. The lowest BCUT2D eigenvalue weighted by atomic mass is 9.88. The Labute approximate surface area is 252 Å². The minimum Gasteiger partial charge on any atom is -0.491 e. The first-order chi connectivity index (χ1) is 20.5. The van der Waals surface area contributed by atoms with E-state index in [1.807, 2.05) is 11.9 Å². The van der Waals surface area contributed by atoms with E-state index in [1.165, 1.54) is 30.6 Å². The molecule has 0 aliphatic carbocycles. The van der Waals surface area contributed by atoms with Gasteiger partial charge in [-0.15, -0.1) is 0 Å². The van der Waals surface area contributed by atoms with Gasteiger partial charge >= 0.3 is 0 Å². The van der Waals surface area contributed by atoms with Crippen molar-refractivity contribution in [2.75, 3.05) is 72.1 Å². The van der Waals surface area contributed by atoms with Crippen molar-refractivity contribution in [2.24, 2.45) is 0 Å². The van der Waals surface area contributed by atoms with Crippen LogP contribution < -0.4 is 29.1 Å². The second kappa shape index (κ2) is 12.7. The Hall–Kier alpha value is -2.73. The number of hydrogen-bond acceptors (Lipinski definition) is 12. The summed E-state index contributed by atoms with van der Waals surface area (Å²) in [4.78, 5) is 6.33. The summed E-state index contributed by atoms with van der Waals surface area (Å²) in [5.41, 5.74) is 0.159. The van der Waals surface area contributed by atoms with Crippen molar-refractivity contribution in [1.29, 1.82) is 0 Å². The first kappa shape index (κ1) is 31.7. The SMILES string of the molecule is CNS(=O)(=O)c1cccc(OCC(O)CN[C@H]2COC3(CCN(S(=O)(=O)c4cc5c(nc4OC)OCCN5C)CC3)C2)c1. The summed E-state index contributed by atoms with van der Waals surface area (Å²) in [6.45, 7) is 2.34. The molecule has 4 heterocycles. The second-order valence-corrected chi connectivity index (χ2v) is 14.7. The molecule has 2 aromatic rings. The lowest BCUT2D eigenvalue weighted by molar-refractivity contribution is -0.0312. The smallest absolute Gasteiger partial charge is 0.248 e. The number of nitrogens with one attached hydrogen (secondary N) is 2. The summed E-state index contributed by atoms with van der Waals surface area (Å²) in [7, 11) is -2.88. The number of aliphatic hydroxyl groups excluding tert-OH is 1. The minimum absolute atomic E-state index is 0.00830. The van der Waals surface area contributed by atoms with E-state index in [2.05, 4.69) is 15.0 Å². The number of sulfonamides is 2.